The van der Waals surface area contributed by atoms with Crippen molar-refractivity contribution in [3.05, 3.63) is 27.2 Å². The van der Waals surface area contributed by atoms with Crippen LogP contribution in [0.15, 0.2) is 12.1 Å². The Morgan fingerprint density at radius 1 is 1.06 bits per heavy atom. The van der Waals surface area contributed by atoms with Gasteiger partial charge in [0.2, 0.25) is 11.2 Å². The summed E-state index contributed by atoms with van der Waals surface area (Å²) in [6, 6.07) is 2.36. The van der Waals surface area contributed by atoms with E-state index >= 15 is 0 Å². The van der Waals surface area contributed by atoms with E-state index in [2.05, 4.69) is 0 Å². The highest BCUT2D eigenvalue weighted by molar-refractivity contribution is 7.85. The van der Waals surface area contributed by atoms with E-state index in [1.807, 2.05) is 0 Å². The number of hydrogen-bond donors (Lipinski definition) is 0. The van der Waals surface area contributed by atoms with Gasteiger partial charge in [-0.1, -0.05) is 34.8 Å². The first-order valence-corrected chi connectivity index (χ1v) is 6.92. The number of anilines is 1. The molecule has 1 fully saturated rings. The van der Waals surface area contributed by atoms with Gasteiger partial charge in [-0.2, -0.15) is 4.31 Å². The van der Waals surface area contributed by atoms with Gasteiger partial charge in [-0.3, -0.25) is 0 Å². The van der Waals surface area contributed by atoms with E-state index in [0.29, 0.717) is 0 Å². The van der Waals surface area contributed by atoms with E-state index in [-0.39, 0.29) is 20.8 Å². The van der Waals surface area contributed by atoms with Crippen LogP contribution in [0, 0.1) is 0 Å². The van der Waals surface area contributed by atoms with Crippen molar-refractivity contribution in [2.24, 2.45) is 0 Å². The molecule has 1 aliphatic rings. The molecule has 9 heteroatoms. The van der Waals surface area contributed by atoms with Crippen molar-refractivity contribution < 1.29 is 9.00 Å². The van der Waals surface area contributed by atoms with Crippen LogP contribution in [0.25, 0.3) is 0 Å². The standard InChI is InChI=1S/C9H8Cl3N3O2S/c1-13-9(16)15(18(17)14(13)2)8-4-6(11)5(10)3-7(8)12/h3-4H,1-2H3. The second-order valence-electron chi connectivity index (χ2n) is 3.51. The fraction of sp³-hybridized carbons (Fsp3) is 0.222. The zero-order chi connectivity index (χ0) is 13.6. The number of hydrogen-bond acceptors (Lipinski definition) is 2. The smallest absolute Gasteiger partial charge is 0.246 e. The van der Waals surface area contributed by atoms with Crippen LogP contribution in [0.4, 0.5) is 10.5 Å². The van der Waals surface area contributed by atoms with Crippen molar-refractivity contribution in [3.8, 4) is 0 Å². The van der Waals surface area contributed by atoms with Gasteiger partial charge < -0.3 is 0 Å². The molecular weight excluding hydrogens is 321 g/mol. The molecular formula is C9H8Cl3N3O2S. The highest BCUT2D eigenvalue weighted by atomic mass is 35.5. The minimum absolute atomic E-state index is 0.204. The molecule has 1 unspecified atom stereocenters. The monoisotopic (exact) mass is 327 g/mol. The number of halogens is 3. The van der Waals surface area contributed by atoms with Gasteiger partial charge in [0, 0.05) is 14.1 Å². The second kappa shape index (κ2) is 4.86. The van der Waals surface area contributed by atoms with Gasteiger partial charge in [0.1, 0.15) is 0 Å². The third-order valence-electron chi connectivity index (χ3n) is 2.46. The maximum Gasteiger partial charge on any atom is 0.352 e. The number of nitrogens with zero attached hydrogens (tertiary/aromatic N) is 3. The first-order valence-electron chi connectivity index (χ1n) is 4.72. The molecule has 1 heterocycles. The van der Waals surface area contributed by atoms with E-state index in [1.54, 1.807) is 0 Å². The molecule has 1 aromatic carbocycles. The van der Waals surface area contributed by atoms with Gasteiger partial charge in [-0.25, -0.2) is 14.0 Å². The molecule has 1 atom stereocenters. The Labute approximate surface area is 121 Å². The van der Waals surface area contributed by atoms with Crippen LogP contribution < -0.4 is 4.31 Å². The van der Waals surface area contributed by atoms with E-state index < -0.39 is 17.2 Å². The van der Waals surface area contributed by atoms with Crippen molar-refractivity contribution in [2.45, 2.75) is 0 Å². The molecule has 98 valence electrons. The summed E-state index contributed by atoms with van der Waals surface area (Å²) in [7, 11) is 3.03. The molecule has 1 aromatic rings. The van der Waals surface area contributed by atoms with Gasteiger partial charge in [0.25, 0.3) is 0 Å². The van der Waals surface area contributed by atoms with Crippen LogP contribution in [0.3, 0.4) is 0 Å². The zero-order valence-electron chi connectivity index (χ0n) is 9.35. The second-order valence-corrected chi connectivity index (χ2v) is 6.09. The SMILES string of the molecule is CN1C(=O)N(c2cc(Cl)c(Cl)cc2Cl)S(=O)N1C. The van der Waals surface area contributed by atoms with Gasteiger partial charge in [-0.05, 0) is 12.1 Å². The van der Waals surface area contributed by atoms with Crippen molar-refractivity contribution in [2.75, 3.05) is 18.4 Å². The first-order chi connectivity index (χ1) is 8.34. The minimum atomic E-state index is -1.68. The van der Waals surface area contributed by atoms with Crippen molar-refractivity contribution in [1.82, 2.24) is 9.42 Å². The lowest BCUT2D eigenvalue weighted by Crippen LogP contribution is -2.32. The topological polar surface area (TPSA) is 43.9 Å². The summed E-state index contributed by atoms with van der Waals surface area (Å²) in [5, 5.41) is 1.92. The number of hydrazine groups is 1. The summed E-state index contributed by atoms with van der Waals surface area (Å²) >= 11 is 16.0. The highest BCUT2D eigenvalue weighted by Crippen LogP contribution is 2.37. The molecule has 0 saturated carbocycles. The molecule has 0 spiro atoms. The molecule has 5 nitrogen and oxygen atoms in total. The third-order valence-corrected chi connectivity index (χ3v) is 4.85. The average molecular weight is 329 g/mol. The number of carbonyl (C=O) groups excluding carboxylic acids is 1. The summed E-state index contributed by atoms with van der Waals surface area (Å²) in [5.41, 5.74) is 0.255. The van der Waals surface area contributed by atoms with Crippen LogP contribution in [0.2, 0.25) is 15.1 Å². The number of amides is 2. The predicted molar refractivity (Wildman–Crippen MR) is 73.0 cm³/mol. The fourth-order valence-corrected chi connectivity index (χ4v) is 3.16. The Morgan fingerprint density at radius 2 is 1.61 bits per heavy atom. The van der Waals surface area contributed by atoms with E-state index in [0.717, 1.165) is 4.31 Å². The third kappa shape index (κ3) is 2.08. The predicted octanol–water partition coefficient (Wildman–Crippen LogP) is 2.94. The summed E-state index contributed by atoms with van der Waals surface area (Å²) in [4.78, 5) is 12.0. The van der Waals surface area contributed by atoms with Crippen LogP contribution in [0.1, 0.15) is 0 Å². The summed E-state index contributed by atoms with van der Waals surface area (Å²) in [5.74, 6) is 0. The highest BCUT2D eigenvalue weighted by Gasteiger charge is 2.40. The number of rotatable bonds is 1. The van der Waals surface area contributed by atoms with Gasteiger partial charge >= 0.3 is 6.03 Å². The minimum Gasteiger partial charge on any atom is -0.246 e. The van der Waals surface area contributed by atoms with E-state index in [4.69, 9.17) is 34.8 Å². The number of carbonyl (C=O) groups is 1. The number of urea groups is 1. The van der Waals surface area contributed by atoms with Crippen LogP contribution in [-0.2, 0) is 11.2 Å². The molecule has 2 rings (SSSR count). The van der Waals surface area contributed by atoms with Crippen molar-refractivity contribution in [1.29, 1.82) is 0 Å². The van der Waals surface area contributed by atoms with Gasteiger partial charge in [0.15, 0.2) is 0 Å². The molecule has 0 bridgehead atoms. The Hall–Kier alpha value is -0.530. The lowest BCUT2D eigenvalue weighted by atomic mass is 10.3. The Balaban J connectivity index is 2.53. The van der Waals surface area contributed by atoms with Crippen LogP contribution in [-0.4, -0.2) is 33.8 Å². The normalized spacial score (nSPS) is 20.9. The van der Waals surface area contributed by atoms with E-state index in [1.165, 1.54) is 35.7 Å². The number of benzene rings is 1. The van der Waals surface area contributed by atoms with Crippen molar-refractivity contribution in [3.63, 3.8) is 0 Å². The molecule has 1 aliphatic heterocycles. The lowest BCUT2D eigenvalue weighted by molar-refractivity contribution is 0.162. The van der Waals surface area contributed by atoms with Crippen LogP contribution >= 0.6 is 34.8 Å². The lowest BCUT2D eigenvalue weighted by Gasteiger charge is -2.14. The largest absolute Gasteiger partial charge is 0.352 e. The van der Waals surface area contributed by atoms with Gasteiger partial charge in [0.05, 0.1) is 20.8 Å². The Kier molecular flexibility index (Phi) is 3.75. The maximum atomic E-state index is 12.0. The Bertz CT molecular complexity index is 534. The molecule has 1 saturated heterocycles. The maximum absolute atomic E-state index is 12.0. The molecule has 2 amide bonds. The quantitative estimate of drug-likeness (QED) is 0.744. The molecule has 18 heavy (non-hydrogen) atoms. The van der Waals surface area contributed by atoms with Crippen molar-refractivity contribution >= 4 is 57.7 Å². The molecule has 0 aromatic heterocycles. The molecule has 0 radical (unpaired) electrons. The first kappa shape index (κ1) is 13.9. The van der Waals surface area contributed by atoms with Crippen LogP contribution in [0.5, 0.6) is 0 Å². The summed E-state index contributed by atoms with van der Waals surface area (Å²) in [6.07, 6.45) is 0. The van der Waals surface area contributed by atoms with Gasteiger partial charge in [-0.15, -0.1) is 4.41 Å². The molecule has 0 N–H and O–H groups in total. The summed E-state index contributed by atoms with van der Waals surface area (Å²) < 4.78 is 14.4. The Morgan fingerprint density at radius 3 is 2.11 bits per heavy atom. The fourth-order valence-electron chi connectivity index (χ4n) is 1.40. The average Bonchev–Trinajstić information content (AvgIpc) is 2.50. The van der Waals surface area contributed by atoms with E-state index in [9.17, 15) is 9.00 Å². The zero-order valence-corrected chi connectivity index (χ0v) is 12.4. The molecule has 0 aliphatic carbocycles. The summed E-state index contributed by atoms with van der Waals surface area (Å²) in [6.45, 7) is 0.